The standard InChI is InChI=1S/C12H11NS/c13-12(8-14)11-6-5-9-3-1-2-4-10(9)7-11/h1-8,12H,13H2. The second kappa shape index (κ2) is 3.86. The van der Waals surface area contributed by atoms with Crippen LogP contribution in [0.1, 0.15) is 11.6 Å². The fourth-order valence-electron chi connectivity index (χ4n) is 1.49. The molecule has 70 valence electrons. The molecule has 0 saturated carbocycles. The summed E-state index contributed by atoms with van der Waals surface area (Å²) in [4.78, 5) is 0. The van der Waals surface area contributed by atoms with Crippen LogP contribution in [0.25, 0.3) is 10.8 Å². The van der Waals surface area contributed by atoms with Gasteiger partial charge in [-0.15, -0.1) is 0 Å². The molecule has 0 aliphatic heterocycles. The molecule has 1 nitrogen and oxygen atoms in total. The Morgan fingerprint density at radius 2 is 1.79 bits per heavy atom. The van der Waals surface area contributed by atoms with Gasteiger partial charge < -0.3 is 5.73 Å². The number of thiocarbonyl (C=S) groups is 1. The van der Waals surface area contributed by atoms with Gasteiger partial charge in [-0.1, -0.05) is 48.6 Å². The molecule has 14 heavy (non-hydrogen) atoms. The second-order valence-electron chi connectivity index (χ2n) is 3.27. The van der Waals surface area contributed by atoms with E-state index in [0.29, 0.717) is 0 Å². The summed E-state index contributed by atoms with van der Waals surface area (Å²) >= 11 is 4.83. The van der Waals surface area contributed by atoms with Crippen LogP contribution in [0, 0.1) is 0 Å². The molecule has 0 fully saturated rings. The topological polar surface area (TPSA) is 26.0 Å². The summed E-state index contributed by atoms with van der Waals surface area (Å²) in [6, 6.07) is 14.3. The average molecular weight is 201 g/mol. The highest BCUT2D eigenvalue weighted by atomic mass is 32.1. The van der Waals surface area contributed by atoms with Gasteiger partial charge in [0, 0.05) is 5.37 Å². The summed E-state index contributed by atoms with van der Waals surface area (Å²) in [7, 11) is 0. The number of hydrogen-bond donors (Lipinski definition) is 1. The predicted octanol–water partition coefficient (Wildman–Crippen LogP) is 2.84. The number of hydrogen-bond acceptors (Lipinski definition) is 2. The van der Waals surface area contributed by atoms with Gasteiger partial charge in [0.25, 0.3) is 0 Å². The van der Waals surface area contributed by atoms with Crippen LogP contribution in [0.15, 0.2) is 42.5 Å². The predicted molar refractivity (Wildman–Crippen MR) is 64.5 cm³/mol. The van der Waals surface area contributed by atoms with E-state index in [2.05, 4.69) is 24.3 Å². The molecule has 0 bridgehead atoms. The molecular formula is C12H11NS. The van der Waals surface area contributed by atoms with E-state index in [1.54, 1.807) is 5.37 Å². The van der Waals surface area contributed by atoms with Crippen molar-refractivity contribution in [1.82, 2.24) is 0 Å². The van der Waals surface area contributed by atoms with E-state index >= 15 is 0 Å². The highest BCUT2D eigenvalue weighted by Crippen LogP contribution is 2.18. The first kappa shape index (κ1) is 9.31. The molecule has 1 atom stereocenters. The van der Waals surface area contributed by atoms with Crippen LogP contribution in [-0.4, -0.2) is 5.37 Å². The van der Waals surface area contributed by atoms with Gasteiger partial charge in [0.1, 0.15) is 0 Å². The Hall–Kier alpha value is -1.25. The number of fused-ring (bicyclic) bond motifs is 1. The van der Waals surface area contributed by atoms with Crippen LogP contribution in [0.5, 0.6) is 0 Å². The molecule has 0 saturated heterocycles. The maximum absolute atomic E-state index is 5.83. The van der Waals surface area contributed by atoms with Gasteiger partial charge in [0.2, 0.25) is 0 Å². The van der Waals surface area contributed by atoms with Gasteiger partial charge in [-0.25, -0.2) is 0 Å². The molecule has 2 heteroatoms. The fourth-order valence-corrected chi connectivity index (χ4v) is 1.65. The lowest BCUT2D eigenvalue weighted by Gasteiger charge is -2.06. The molecule has 0 aliphatic carbocycles. The third kappa shape index (κ3) is 1.67. The molecule has 0 heterocycles. The molecule has 0 amide bonds. The van der Waals surface area contributed by atoms with Crippen molar-refractivity contribution in [2.45, 2.75) is 6.04 Å². The highest BCUT2D eigenvalue weighted by Gasteiger charge is 2.01. The lowest BCUT2D eigenvalue weighted by Crippen LogP contribution is -2.09. The highest BCUT2D eigenvalue weighted by molar-refractivity contribution is 7.79. The molecule has 2 aromatic rings. The van der Waals surface area contributed by atoms with Crippen LogP contribution in [0.2, 0.25) is 0 Å². The summed E-state index contributed by atoms with van der Waals surface area (Å²) in [6.07, 6.45) is 0. The van der Waals surface area contributed by atoms with Crippen LogP contribution < -0.4 is 5.73 Å². The molecule has 2 N–H and O–H groups in total. The maximum atomic E-state index is 5.83. The Morgan fingerprint density at radius 3 is 2.50 bits per heavy atom. The zero-order valence-electron chi connectivity index (χ0n) is 7.68. The van der Waals surface area contributed by atoms with E-state index in [1.165, 1.54) is 10.8 Å². The van der Waals surface area contributed by atoms with Crippen molar-refractivity contribution in [2.75, 3.05) is 0 Å². The van der Waals surface area contributed by atoms with Gasteiger partial charge in [-0.05, 0) is 22.4 Å². The normalized spacial score (nSPS) is 12.6. The average Bonchev–Trinajstić information content (AvgIpc) is 2.27. The molecular weight excluding hydrogens is 190 g/mol. The van der Waals surface area contributed by atoms with Crippen LogP contribution in [0.4, 0.5) is 0 Å². The largest absolute Gasteiger partial charge is 0.320 e. The van der Waals surface area contributed by atoms with E-state index in [9.17, 15) is 0 Å². The quantitative estimate of drug-likeness (QED) is 0.756. The monoisotopic (exact) mass is 201 g/mol. The van der Waals surface area contributed by atoms with Crippen molar-refractivity contribution in [1.29, 1.82) is 0 Å². The van der Waals surface area contributed by atoms with Crippen molar-refractivity contribution >= 4 is 28.4 Å². The Kier molecular flexibility index (Phi) is 2.57. The zero-order chi connectivity index (χ0) is 9.97. The number of rotatable bonds is 2. The van der Waals surface area contributed by atoms with E-state index in [4.69, 9.17) is 18.0 Å². The Balaban J connectivity index is 2.56. The van der Waals surface area contributed by atoms with Gasteiger partial charge in [0.05, 0.1) is 6.04 Å². The lowest BCUT2D eigenvalue weighted by molar-refractivity contribution is 0.999. The molecule has 1 unspecified atom stereocenters. The summed E-state index contributed by atoms with van der Waals surface area (Å²) < 4.78 is 0. The Morgan fingerprint density at radius 1 is 1.07 bits per heavy atom. The van der Waals surface area contributed by atoms with Crippen molar-refractivity contribution < 1.29 is 0 Å². The molecule has 0 spiro atoms. The molecule has 0 aromatic heterocycles. The lowest BCUT2D eigenvalue weighted by atomic mass is 10.0. The summed E-state index contributed by atoms with van der Waals surface area (Å²) in [5.74, 6) is 0. The maximum Gasteiger partial charge on any atom is 0.0585 e. The first-order valence-corrected chi connectivity index (χ1v) is 4.98. The van der Waals surface area contributed by atoms with Crippen LogP contribution in [0.3, 0.4) is 0 Å². The van der Waals surface area contributed by atoms with Gasteiger partial charge in [0.15, 0.2) is 0 Å². The smallest absolute Gasteiger partial charge is 0.0585 e. The van der Waals surface area contributed by atoms with Crippen molar-refractivity contribution in [2.24, 2.45) is 5.73 Å². The first-order chi connectivity index (χ1) is 6.81. The Labute approximate surface area is 88.5 Å². The van der Waals surface area contributed by atoms with E-state index in [-0.39, 0.29) is 6.04 Å². The number of benzene rings is 2. The third-order valence-electron chi connectivity index (χ3n) is 2.31. The van der Waals surface area contributed by atoms with Crippen molar-refractivity contribution in [3.05, 3.63) is 48.0 Å². The van der Waals surface area contributed by atoms with Gasteiger partial charge >= 0.3 is 0 Å². The minimum Gasteiger partial charge on any atom is -0.320 e. The summed E-state index contributed by atoms with van der Waals surface area (Å²) in [5, 5.41) is 4.02. The number of nitrogens with two attached hydrogens (primary N) is 1. The first-order valence-electron chi connectivity index (χ1n) is 4.51. The molecule has 2 rings (SSSR count). The van der Waals surface area contributed by atoms with E-state index in [1.807, 2.05) is 18.2 Å². The van der Waals surface area contributed by atoms with Crippen molar-refractivity contribution in [3.8, 4) is 0 Å². The minimum absolute atomic E-state index is 0.144. The van der Waals surface area contributed by atoms with E-state index in [0.717, 1.165) is 5.56 Å². The Bertz CT molecular complexity index is 465. The second-order valence-corrected chi connectivity index (χ2v) is 3.54. The van der Waals surface area contributed by atoms with Crippen molar-refractivity contribution in [3.63, 3.8) is 0 Å². The third-order valence-corrected chi connectivity index (χ3v) is 2.60. The fraction of sp³-hybridized carbons (Fsp3) is 0.0833. The SMILES string of the molecule is NC(C=S)c1ccc2ccccc2c1. The van der Waals surface area contributed by atoms with Gasteiger partial charge in [-0.3, -0.25) is 0 Å². The van der Waals surface area contributed by atoms with Crippen LogP contribution in [-0.2, 0) is 0 Å². The summed E-state index contributed by atoms with van der Waals surface area (Å²) in [6.45, 7) is 0. The van der Waals surface area contributed by atoms with E-state index < -0.39 is 0 Å². The minimum atomic E-state index is -0.144. The zero-order valence-corrected chi connectivity index (χ0v) is 8.50. The van der Waals surface area contributed by atoms with Gasteiger partial charge in [-0.2, -0.15) is 0 Å². The molecule has 0 aliphatic rings. The summed E-state index contributed by atoms with van der Waals surface area (Å²) in [5.41, 5.74) is 6.89. The molecule has 2 aromatic carbocycles. The van der Waals surface area contributed by atoms with Crippen LogP contribution >= 0.6 is 12.2 Å². The molecule has 0 radical (unpaired) electrons.